The predicted molar refractivity (Wildman–Crippen MR) is 85.5 cm³/mol. The third kappa shape index (κ3) is 3.27. The molecule has 1 aromatic heterocycles. The first-order valence-electron chi connectivity index (χ1n) is 6.94. The van der Waals surface area contributed by atoms with Crippen molar-refractivity contribution in [3.8, 4) is 6.07 Å². The summed E-state index contributed by atoms with van der Waals surface area (Å²) in [5.74, 6) is 0. The Morgan fingerprint density at radius 2 is 2.30 bits per heavy atom. The summed E-state index contributed by atoms with van der Waals surface area (Å²) < 4.78 is 0. The van der Waals surface area contributed by atoms with Gasteiger partial charge in [-0.05, 0) is 42.9 Å². The minimum Gasteiger partial charge on any atom is -0.280 e. The summed E-state index contributed by atoms with van der Waals surface area (Å²) in [6.07, 6.45) is 11.1. The van der Waals surface area contributed by atoms with Crippen molar-refractivity contribution in [3.63, 3.8) is 0 Å². The zero-order valence-corrected chi connectivity index (χ0v) is 12.9. The normalized spacial score (nSPS) is 18.4. The highest BCUT2D eigenvalue weighted by Gasteiger charge is 2.25. The minimum atomic E-state index is -0.171. The molecule has 1 aliphatic rings. The SMILES string of the molecule is C\C=C/C=C(\C=C/C)C(C#N)N1CCc2sccc2C1. The van der Waals surface area contributed by atoms with Crippen LogP contribution < -0.4 is 0 Å². The van der Waals surface area contributed by atoms with Crippen molar-refractivity contribution in [1.29, 1.82) is 5.26 Å². The minimum absolute atomic E-state index is 0.171. The van der Waals surface area contributed by atoms with Gasteiger partial charge in [0.1, 0.15) is 6.04 Å². The van der Waals surface area contributed by atoms with Gasteiger partial charge in [0.05, 0.1) is 6.07 Å². The lowest BCUT2D eigenvalue weighted by molar-refractivity contribution is 0.240. The summed E-state index contributed by atoms with van der Waals surface area (Å²) in [5.41, 5.74) is 2.44. The fourth-order valence-corrected chi connectivity index (χ4v) is 3.38. The second-order valence-electron chi connectivity index (χ2n) is 4.81. The van der Waals surface area contributed by atoms with Gasteiger partial charge < -0.3 is 0 Å². The lowest BCUT2D eigenvalue weighted by atomic mass is 10.0. The quantitative estimate of drug-likeness (QED) is 0.779. The predicted octanol–water partition coefficient (Wildman–Crippen LogP) is 4.08. The maximum Gasteiger partial charge on any atom is 0.124 e. The van der Waals surface area contributed by atoms with Crippen molar-refractivity contribution in [3.05, 3.63) is 57.8 Å². The molecular formula is C17H20N2S. The van der Waals surface area contributed by atoms with Gasteiger partial charge in [0.15, 0.2) is 0 Å². The van der Waals surface area contributed by atoms with Crippen molar-refractivity contribution in [2.75, 3.05) is 6.54 Å². The molecule has 0 aromatic carbocycles. The van der Waals surface area contributed by atoms with E-state index in [0.717, 1.165) is 25.1 Å². The molecule has 0 aliphatic carbocycles. The Morgan fingerprint density at radius 3 is 3.00 bits per heavy atom. The molecule has 20 heavy (non-hydrogen) atoms. The summed E-state index contributed by atoms with van der Waals surface area (Å²) >= 11 is 1.83. The van der Waals surface area contributed by atoms with E-state index in [4.69, 9.17) is 0 Å². The number of nitrogens with zero attached hydrogens (tertiary/aromatic N) is 2. The van der Waals surface area contributed by atoms with Crippen LogP contribution >= 0.6 is 11.3 Å². The molecule has 2 heterocycles. The Kier molecular flexibility index (Phi) is 5.34. The number of allylic oxidation sites excluding steroid dienone is 4. The summed E-state index contributed by atoms with van der Waals surface area (Å²) in [6.45, 7) is 5.81. The first-order chi connectivity index (χ1) is 9.80. The molecule has 2 nitrogen and oxygen atoms in total. The Hall–Kier alpha value is -1.63. The Morgan fingerprint density at radius 1 is 1.45 bits per heavy atom. The average Bonchev–Trinajstić information content (AvgIpc) is 2.93. The zero-order chi connectivity index (χ0) is 14.4. The molecule has 0 saturated heterocycles. The van der Waals surface area contributed by atoms with E-state index < -0.39 is 0 Å². The maximum atomic E-state index is 9.59. The van der Waals surface area contributed by atoms with Crippen molar-refractivity contribution >= 4 is 11.3 Å². The second kappa shape index (κ2) is 7.23. The van der Waals surface area contributed by atoms with Crippen LogP contribution in [0.1, 0.15) is 24.3 Å². The van der Waals surface area contributed by atoms with E-state index in [9.17, 15) is 5.26 Å². The summed E-state index contributed by atoms with van der Waals surface area (Å²) in [6, 6.07) is 4.48. The van der Waals surface area contributed by atoms with Gasteiger partial charge in [-0.3, -0.25) is 4.90 Å². The van der Waals surface area contributed by atoms with Crippen LogP contribution in [0.4, 0.5) is 0 Å². The van der Waals surface area contributed by atoms with Crippen LogP contribution in [0.2, 0.25) is 0 Å². The molecule has 0 N–H and O–H groups in total. The Labute approximate surface area is 125 Å². The van der Waals surface area contributed by atoms with Crippen LogP contribution in [-0.2, 0) is 13.0 Å². The maximum absolute atomic E-state index is 9.59. The van der Waals surface area contributed by atoms with Crippen LogP contribution in [0.5, 0.6) is 0 Å². The number of nitriles is 1. The van der Waals surface area contributed by atoms with Crippen LogP contribution in [0.3, 0.4) is 0 Å². The highest BCUT2D eigenvalue weighted by Crippen LogP contribution is 2.27. The molecule has 0 amide bonds. The van der Waals surface area contributed by atoms with Crippen molar-refractivity contribution < 1.29 is 0 Å². The van der Waals surface area contributed by atoms with Gasteiger partial charge in [-0.2, -0.15) is 5.26 Å². The summed E-state index contributed by atoms with van der Waals surface area (Å²) in [7, 11) is 0. The first-order valence-corrected chi connectivity index (χ1v) is 7.82. The van der Waals surface area contributed by atoms with Crippen molar-refractivity contribution in [1.82, 2.24) is 4.90 Å². The third-order valence-electron chi connectivity index (χ3n) is 3.48. The van der Waals surface area contributed by atoms with E-state index in [1.807, 2.05) is 55.6 Å². The lowest BCUT2D eigenvalue weighted by Gasteiger charge is -2.31. The van der Waals surface area contributed by atoms with Gasteiger partial charge in [-0.15, -0.1) is 11.3 Å². The summed E-state index contributed by atoms with van der Waals surface area (Å²) in [4.78, 5) is 3.74. The molecular weight excluding hydrogens is 264 g/mol. The monoisotopic (exact) mass is 284 g/mol. The molecule has 0 bridgehead atoms. The van der Waals surface area contributed by atoms with Crippen LogP contribution in [0.15, 0.2) is 47.4 Å². The molecule has 1 unspecified atom stereocenters. The largest absolute Gasteiger partial charge is 0.280 e. The smallest absolute Gasteiger partial charge is 0.124 e. The third-order valence-corrected chi connectivity index (χ3v) is 4.50. The van der Waals surface area contributed by atoms with E-state index in [0.29, 0.717) is 0 Å². The molecule has 0 radical (unpaired) electrons. The molecule has 0 spiro atoms. The first kappa shape index (κ1) is 14.8. The van der Waals surface area contributed by atoms with E-state index >= 15 is 0 Å². The van der Waals surface area contributed by atoms with Crippen LogP contribution in [0.25, 0.3) is 0 Å². The lowest BCUT2D eigenvalue weighted by Crippen LogP contribution is -2.38. The van der Waals surface area contributed by atoms with Crippen molar-refractivity contribution in [2.45, 2.75) is 32.9 Å². The molecule has 1 aromatic rings. The van der Waals surface area contributed by atoms with Gasteiger partial charge in [-0.1, -0.05) is 30.4 Å². The number of rotatable bonds is 4. The highest BCUT2D eigenvalue weighted by molar-refractivity contribution is 7.10. The molecule has 2 rings (SSSR count). The number of fused-ring (bicyclic) bond motifs is 1. The van der Waals surface area contributed by atoms with Gasteiger partial charge >= 0.3 is 0 Å². The fraction of sp³-hybridized carbons (Fsp3) is 0.353. The van der Waals surface area contributed by atoms with E-state index in [1.54, 1.807) is 0 Å². The van der Waals surface area contributed by atoms with E-state index in [-0.39, 0.29) is 6.04 Å². The molecule has 3 heteroatoms. The van der Waals surface area contributed by atoms with Crippen molar-refractivity contribution in [2.24, 2.45) is 0 Å². The van der Waals surface area contributed by atoms with Gasteiger partial charge in [0, 0.05) is 18.0 Å². The number of hydrogen-bond donors (Lipinski definition) is 0. The topological polar surface area (TPSA) is 27.0 Å². The van der Waals surface area contributed by atoms with Gasteiger partial charge in [0.2, 0.25) is 0 Å². The molecule has 0 fully saturated rings. The van der Waals surface area contributed by atoms with Gasteiger partial charge in [0.25, 0.3) is 0 Å². The molecule has 0 saturated carbocycles. The standard InChI is InChI=1S/C17H20N2S/c1-3-5-7-14(6-4-2)16(12-18)19-10-8-17-15(13-19)9-11-20-17/h3-7,9,11,16H,8,10,13H2,1-2H3/b5-3-,6-4-,14-7+. The average molecular weight is 284 g/mol. The van der Waals surface area contributed by atoms with Gasteiger partial charge in [-0.25, -0.2) is 0 Å². The fourth-order valence-electron chi connectivity index (χ4n) is 2.50. The molecule has 1 atom stereocenters. The molecule has 1 aliphatic heterocycles. The van der Waals surface area contributed by atoms with Crippen LogP contribution in [0, 0.1) is 11.3 Å². The number of thiophene rings is 1. The summed E-state index contributed by atoms with van der Waals surface area (Å²) in [5, 5.41) is 11.7. The molecule has 104 valence electrons. The number of hydrogen-bond acceptors (Lipinski definition) is 3. The Bertz CT molecular complexity index is 572. The van der Waals surface area contributed by atoms with E-state index in [2.05, 4.69) is 22.4 Å². The Balaban J connectivity index is 2.22. The van der Waals surface area contributed by atoms with E-state index in [1.165, 1.54) is 10.4 Å². The van der Waals surface area contributed by atoms with Crippen LogP contribution in [-0.4, -0.2) is 17.5 Å². The second-order valence-corrected chi connectivity index (χ2v) is 5.81. The zero-order valence-electron chi connectivity index (χ0n) is 12.0. The highest BCUT2D eigenvalue weighted by atomic mass is 32.1.